The van der Waals surface area contributed by atoms with Gasteiger partial charge in [-0.3, -0.25) is 0 Å². The van der Waals surface area contributed by atoms with Crippen LogP contribution in [0.3, 0.4) is 0 Å². The van der Waals surface area contributed by atoms with Crippen molar-refractivity contribution >= 4 is 29.3 Å². The monoisotopic (exact) mass is 474 g/mol. The summed E-state index contributed by atoms with van der Waals surface area (Å²) in [7, 11) is 0. The highest BCUT2D eigenvalue weighted by molar-refractivity contribution is 5.99. The lowest BCUT2D eigenvalue weighted by molar-refractivity contribution is 0.122. The molecular formula is C26H30N6O3. The SMILES string of the molecule is C[C@H](NC(=O)NCc1ccc(N2CCOCC2)nc1)c1ccc(NC(=O)Nc2ccccc2)cc1. The van der Waals surface area contributed by atoms with Gasteiger partial charge in [0.2, 0.25) is 0 Å². The third-order valence-electron chi connectivity index (χ3n) is 5.65. The first kappa shape index (κ1) is 24.0. The predicted molar refractivity (Wildman–Crippen MR) is 137 cm³/mol. The Morgan fingerprint density at radius 3 is 2.26 bits per heavy atom. The lowest BCUT2D eigenvalue weighted by atomic mass is 10.1. The number of amides is 4. The van der Waals surface area contributed by atoms with Crippen molar-refractivity contribution in [3.8, 4) is 0 Å². The standard InChI is InChI=1S/C26H30N6O3/c1-19(21-8-10-23(11-9-21)31-26(34)30-22-5-3-2-4-6-22)29-25(33)28-18-20-7-12-24(27-17-20)32-13-15-35-16-14-32/h2-12,17,19H,13-16,18H2,1H3,(H2,28,29,33)(H2,30,31,34)/t19-/m0/s1. The molecule has 1 saturated heterocycles. The van der Waals surface area contributed by atoms with Gasteiger partial charge < -0.3 is 30.9 Å². The first-order valence-corrected chi connectivity index (χ1v) is 11.6. The molecule has 1 aromatic heterocycles. The highest BCUT2D eigenvalue weighted by Gasteiger charge is 2.13. The van der Waals surface area contributed by atoms with Gasteiger partial charge >= 0.3 is 12.1 Å². The number of anilines is 3. The van der Waals surface area contributed by atoms with Crippen LogP contribution in [0.15, 0.2) is 72.9 Å². The number of nitrogens with zero attached hydrogens (tertiary/aromatic N) is 2. The number of carbonyl (C=O) groups is 2. The van der Waals surface area contributed by atoms with Crippen molar-refractivity contribution in [2.24, 2.45) is 0 Å². The molecule has 0 spiro atoms. The van der Waals surface area contributed by atoms with Crippen LogP contribution in [0.5, 0.6) is 0 Å². The van der Waals surface area contributed by atoms with E-state index >= 15 is 0 Å². The molecule has 1 atom stereocenters. The lowest BCUT2D eigenvalue weighted by Crippen LogP contribution is -2.37. The van der Waals surface area contributed by atoms with Gasteiger partial charge in [0.1, 0.15) is 5.82 Å². The zero-order valence-electron chi connectivity index (χ0n) is 19.7. The molecule has 4 N–H and O–H groups in total. The van der Waals surface area contributed by atoms with Crippen molar-refractivity contribution < 1.29 is 14.3 Å². The number of nitrogens with one attached hydrogen (secondary N) is 4. The van der Waals surface area contributed by atoms with E-state index in [-0.39, 0.29) is 18.1 Å². The van der Waals surface area contributed by atoms with Gasteiger partial charge in [0.15, 0.2) is 0 Å². The van der Waals surface area contributed by atoms with Crippen LogP contribution in [0.4, 0.5) is 26.8 Å². The van der Waals surface area contributed by atoms with Crippen LogP contribution in [0.2, 0.25) is 0 Å². The predicted octanol–water partition coefficient (Wildman–Crippen LogP) is 4.12. The van der Waals surface area contributed by atoms with Gasteiger partial charge in [-0.2, -0.15) is 0 Å². The molecule has 9 heteroatoms. The van der Waals surface area contributed by atoms with Crippen molar-refractivity contribution in [3.63, 3.8) is 0 Å². The molecule has 0 unspecified atom stereocenters. The second kappa shape index (κ2) is 11.8. The number of rotatable bonds is 7. The fourth-order valence-electron chi connectivity index (χ4n) is 3.68. The Balaban J connectivity index is 1.21. The lowest BCUT2D eigenvalue weighted by Gasteiger charge is -2.27. The van der Waals surface area contributed by atoms with Crippen LogP contribution in [0.25, 0.3) is 0 Å². The summed E-state index contributed by atoms with van der Waals surface area (Å²) in [6.07, 6.45) is 1.79. The molecule has 1 aliphatic heterocycles. The summed E-state index contributed by atoms with van der Waals surface area (Å²) in [5.41, 5.74) is 3.22. The molecule has 2 heterocycles. The van der Waals surface area contributed by atoms with Crippen LogP contribution in [0.1, 0.15) is 24.1 Å². The Morgan fingerprint density at radius 1 is 0.914 bits per heavy atom. The molecule has 1 fully saturated rings. The Morgan fingerprint density at radius 2 is 1.60 bits per heavy atom. The number of aromatic nitrogens is 1. The van der Waals surface area contributed by atoms with Crippen LogP contribution in [-0.2, 0) is 11.3 Å². The van der Waals surface area contributed by atoms with Crippen molar-refractivity contribution in [3.05, 3.63) is 84.1 Å². The molecule has 0 bridgehead atoms. The van der Waals surface area contributed by atoms with E-state index in [0.29, 0.717) is 31.1 Å². The normalized spacial score (nSPS) is 14.0. The van der Waals surface area contributed by atoms with Crippen LogP contribution >= 0.6 is 0 Å². The summed E-state index contributed by atoms with van der Waals surface area (Å²) >= 11 is 0. The number of urea groups is 2. The summed E-state index contributed by atoms with van der Waals surface area (Å²) in [4.78, 5) is 31.2. The molecule has 4 rings (SSSR count). The number of carbonyl (C=O) groups excluding carboxylic acids is 2. The second-order valence-corrected chi connectivity index (χ2v) is 8.24. The highest BCUT2D eigenvalue weighted by atomic mass is 16.5. The van der Waals surface area contributed by atoms with Crippen LogP contribution < -0.4 is 26.2 Å². The number of ether oxygens (including phenoxy) is 1. The van der Waals surface area contributed by atoms with E-state index in [1.807, 2.05) is 61.5 Å². The maximum atomic E-state index is 12.4. The number of para-hydroxylation sites is 1. The van der Waals surface area contributed by atoms with E-state index in [1.54, 1.807) is 18.3 Å². The van der Waals surface area contributed by atoms with Gasteiger partial charge in [0, 0.05) is 37.2 Å². The third-order valence-corrected chi connectivity index (χ3v) is 5.65. The minimum Gasteiger partial charge on any atom is -0.378 e. The molecule has 0 radical (unpaired) electrons. The van der Waals surface area contributed by atoms with E-state index in [9.17, 15) is 9.59 Å². The summed E-state index contributed by atoms with van der Waals surface area (Å²) in [6.45, 7) is 5.39. The van der Waals surface area contributed by atoms with Gasteiger partial charge in [-0.05, 0) is 48.4 Å². The molecule has 182 valence electrons. The summed E-state index contributed by atoms with van der Waals surface area (Å²) in [5, 5.41) is 11.4. The second-order valence-electron chi connectivity index (χ2n) is 8.24. The number of hydrogen-bond acceptors (Lipinski definition) is 5. The van der Waals surface area contributed by atoms with Crippen molar-refractivity contribution in [2.75, 3.05) is 41.8 Å². The molecular weight excluding hydrogens is 444 g/mol. The van der Waals surface area contributed by atoms with E-state index < -0.39 is 0 Å². The van der Waals surface area contributed by atoms with Crippen LogP contribution in [-0.4, -0.2) is 43.3 Å². The largest absolute Gasteiger partial charge is 0.378 e. The topological polar surface area (TPSA) is 108 Å². The molecule has 35 heavy (non-hydrogen) atoms. The van der Waals surface area contributed by atoms with Gasteiger partial charge in [0.25, 0.3) is 0 Å². The van der Waals surface area contributed by atoms with E-state index in [4.69, 9.17) is 4.74 Å². The zero-order chi connectivity index (χ0) is 24.5. The third kappa shape index (κ3) is 7.18. The number of morpholine rings is 1. The van der Waals surface area contributed by atoms with Crippen LogP contribution in [0, 0.1) is 0 Å². The Hall–Kier alpha value is -4.11. The molecule has 1 aliphatic rings. The van der Waals surface area contributed by atoms with E-state index in [1.165, 1.54) is 0 Å². The molecule has 0 saturated carbocycles. The molecule has 9 nitrogen and oxygen atoms in total. The van der Waals surface area contributed by atoms with Crippen molar-refractivity contribution in [2.45, 2.75) is 19.5 Å². The fourth-order valence-corrected chi connectivity index (χ4v) is 3.68. The summed E-state index contributed by atoms with van der Waals surface area (Å²) in [5.74, 6) is 0.922. The van der Waals surface area contributed by atoms with Gasteiger partial charge in [-0.15, -0.1) is 0 Å². The van der Waals surface area contributed by atoms with Crippen molar-refractivity contribution in [1.29, 1.82) is 0 Å². The van der Waals surface area contributed by atoms with Gasteiger partial charge in [-0.25, -0.2) is 14.6 Å². The maximum Gasteiger partial charge on any atom is 0.323 e. The average Bonchev–Trinajstić information content (AvgIpc) is 2.89. The minimum absolute atomic E-state index is 0.205. The number of pyridine rings is 1. The molecule has 0 aliphatic carbocycles. The summed E-state index contributed by atoms with van der Waals surface area (Å²) < 4.78 is 5.37. The smallest absolute Gasteiger partial charge is 0.323 e. The Labute approximate surface area is 204 Å². The van der Waals surface area contributed by atoms with Gasteiger partial charge in [-0.1, -0.05) is 36.4 Å². The van der Waals surface area contributed by atoms with Crippen molar-refractivity contribution in [1.82, 2.24) is 15.6 Å². The maximum absolute atomic E-state index is 12.4. The average molecular weight is 475 g/mol. The molecule has 2 aromatic carbocycles. The molecule has 3 aromatic rings. The minimum atomic E-state index is -0.318. The Kier molecular flexibility index (Phi) is 8.13. The highest BCUT2D eigenvalue weighted by Crippen LogP contribution is 2.17. The molecule has 4 amide bonds. The zero-order valence-corrected chi connectivity index (χ0v) is 19.7. The Bertz CT molecular complexity index is 1100. The summed E-state index contributed by atoms with van der Waals surface area (Å²) in [6, 6.07) is 19.7. The van der Waals surface area contributed by atoms with E-state index in [2.05, 4.69) is 31.2 Å². The first-order chi connectivity index (χ1) is 17.1. The fraction of sp³-hybridized carbons (Fsp3) is 0.269. The quantitative estimate of drug-likeness (QED) is 0.412. The first-order valence-electron chi connectivity index (χ1n) is 11.6. The van der Waals surface area contributed by atoms with E-state index in [0.717, 1.165) is 30.0 Å². The number of benzene rings is 2. The van der Waals surface area contributed by atoms with Gasteiger partial charge in [0.05, 0.1) is 19.3 Å². The number of hydrogen-bond donors (Lipinski definition) is 4.